The molecule has 2 aliphatic rings. The van der Waals surface area contributed by atoms with Gasteiger partial charge in [-0.1, -0.05) is 30.3 Å². The Bertz CT molecular complexity index is 1020. The van der Waals surface area contributed by atoms with Gasteiger partial charge in [0.2, 0.25) is 11.8 Å². The first-order valence-corrected chi connectivity index (χ1v) is 11.6. The van der Waals surface area contributed by atoms with Crippen molar-refractivity contribution < 1.29 is 19.1 Å². The van der Waals surface area contributed by atoms with E-state index in [2.05, 4.69) is 16.0 Å². The zero-order valence-electron chi connectivity index (χ0n) is 18.6. The van der Waals surface area contributed by atoms with Crippen molar-refractivity contribution in [1.82, 2.24) is 20.4 Å². The highest BCUT2D eigenvalue weighted by molar-refractivity contribution is 8.00. The smallest absolute Gasteiger partial charge is 0.327 e. The maximum atomic E-state index is 13.1. The topological polar surface area (TPSA) is 103 Å². The van der Waals surface area contributed by atoms with E-state index in [4.69, 9.17) is 4.74 Å². The molecule has 0 radical (unpaired) electrons. The number of urea groups is 1. The Kier molecular flexibility index (Phi) is 6.87. The van der Waals surface area contributed by atoms with E-state index in [0.29, 0.717) is 5.69 Å². The largest absolute Gasteiger partial charge is 0.497 e. The van der Waals surface area contributed by atoms with Crippen molar-refractivity contribution in [2.45, 2.75) is 17.7 Å². The van der Waals surface area contributed by atoms with Crippen molar-refractivity contribution in [2.24, 2.45) is 5.92 Å². The molecule has 2 heterocycles. The second-order valence-electron chi connectivity index (χ2n) is 7.95. The van der Waals surface area contributed by atoms with Crippen LogP contribution in [0.3, 0.4) is 0 Å². The van der Waals surface area contributed by atoms with Gasteiger partial charge in [-0.3, -0.25) is 25.1 Å². The van der Waals surface area contributed by atoms with Crippen molar-refractivity contribution in [1.29, 1.82) is 0 Å². The predicted octanol–water partition coefficient (Wildman–Crippen LogP) is 2.05. The quantitative estimate of drug-likeness (QED) is 0.595. The first-order valence-electron chi connectivity index (χ1n) is 10.6. The molecule has 2 aliphatic heterocycles. The van der Waals surface area contributed by atoms with Gasteiger partial charge in [-0.25, -0.2) is 4.79 Å². The third-order valence-corrected chi connectivity index (χ3v) is 7.07. The Morgan fingerprint density at radius 3 is 2.42 bits per heavy atom. The lowest BCUT2D eigenvalue weighted by Crippen LogP contribution is -2.72. The fourth-order valence-electron chi connectivity index (χ4n) is 4.07. The number of methoxy groups -OCH3 is 1. The van der Waals surface area contributed by atoms with Crippen LogP contribution in [0.5, 0.6) is 5.75 Å². The van der Waals surface area contributed by atoms with Crippen molar-refractivity contribution >= 4 is 35.3 Å². The summed E-state index contributed by atoms with van der Waals surface area (Å²) in [5, 5.41) is 9.32. The average molecular weight is 470 g/mol. The molecule has 2 saturated heterocycles. The van der Waals surface area contributed by atoms with Gasteiger partial charge >= 0.3 is 6.03 Å². The van der Waals surface area contributed by atoms with Crippen molar-refractivity contribution in [2.75, 3.05) is 32.3 Å². The highest BCUT2D eigenvalue weighted by Gasteiger charge is 2.51. The van der Waals surface area contributed by atoms with Crippen LogP contribution in [0.1, 0.15) is 11.7 Å². The number of anilines is 1. The SMILES string of the molecule is COc1ccc(C2NC(SCC(=O)Nc3ccccc3)C3C(=O)N(C)C(=O)N(C)C3N2)cc1. The summed E-state index contributed by atoms with van der Waals surface area (Å²) in [6.07, 6.45) is -0.831. The Labute approximate surface area is 196 Å². The fourth-order valence-corrected chi connectivity index (χ4v) is 5.18. The molecular formula is C23H27N5O4S. The average Bonchev–Trinajstić information content (AvgIpc) is 2.85. The lowest BCUT2D eigenvalue weighted by atomic mass is 9.96. The van der Waals surface area contributed by atoms with Crippen LogP contribution in [0.15, 0.2) is 54.6 Å². The Morgan fingerprint density at radius 1 is 1.06 bits per heavy atom. The van der Waals surface area contributed by atoms with Gasteiger partial charge in [0.25, 0.3) is 0 Å². The number of nitrogens with zero attached hydrogens (tertiary/aromatic N) is 2. The number of carbonyl (C=O) groups is 3. The number of para-hydroxylation sites is 1. The van der Waals surface area contributed by atoms with Gasteiger partial charge in [0.05, 0.1) is 36.5 Å². The van der Waals surface area contributed by atoms with Crippen LogP contribution in [0.2, 0.25) is 0 Å². The van der Waals surface area contributed by atoms with Crippen LogP contribution in [0, 0.1) is 5.92 Å². The molecular weight excluding hydrogens is 442 g/mol. The molecule has 174 valence electrons. The molecule has 33 heavy (non-hydrogen) atoms. The van der Waals surface area contributed by atoms with Gasteiger partial charge in [0.15, 0.2) is 0 Å². The fraction of sp³-hybridized carbons (Fsp3) is 0.348. The number of hydrogen-bond donors (Lipinski definition) is 3. The lowest BCUT2D eigenvalue weighted by Gasteiger charge is -2.50. The summed E-state index contributed by atoms with van der Waals surface area (Å²) < 4.78 is 5.24. The Balaban J connectivity index is 1.54. The minimum Gasteiger partial charge on any atom is -0.497 e. The van der Waals surface area contributed by atoms with Gasteiger partial charge in [0.1, 0.15) is 5.75 Å². The summed E-state index contributed by atoms with van der Waals surface area (Å²) >= 11 is 1.35. The minimum atomic E-state index is -0.554. The number of carbonyl (C=O) groups excluding carboxylic acids is 3. The number of ether oxygens (including phenoxy) is 1. The van der Waals surface area contributed by atoms with E-state index >= 15 is 0 Å². The number of imide groups is 1. The zero-order valence-corrected chi connectivity index (χ0v) is 19.5. The third kappa shape index (κ3) is 4.82. The first kappa shape index (κ1) is 23.1. The van der Waals surface area contributed by atoms with Crippen molar-refractivity contribution in [3.63, 3.8) is 0 Å². The molecule has 0 spiro atoms. The van der Waals surface area contributed by atoms with E-state index in [1.54, 1.807) is 19.1 Å². The number of benzene rings is 2. The number of rotatable bonds is 6. The second kappa shape index (κ2) is 9.82. The summed E-state index contributed by atoms with van der Waals surface area (Å²) in [4.78, 5) is 40.9. The van der Waals surface area contributed by atoms with E-state index in [9.17, 15) is 14.4 Å². The number of amides is 4. The van der Waals surface area contributed by atoms with E-state index < -0.39 is 17.5 Å². The minimum absolute atomic E-state index is 0.153. The first-order chi connectivity index (χ1) is 15.9. The van der Waals surface area contributed by atoms with Crippen LogP contribution >= 0.6 is 11.8 Å². The van der Waals surface area contributed by atoms with E-state index in [1.165, 1.54) is 18.8 Å². The molecule has 3 N–H and O–H groups in total. The molecule has 4 amide bonds. The molecule has 4 rings (SSSR count). The molecule has 0 aromatic heterocycles. The molecule has 0 saturated carbocycles. The van der Waals surface area contributed by atoms with Crippen LogP contribution in [0.25, 0.3) is 0 Å². The van der Waals surface area contributed by atoms with E-state index in [-0.39, 0.29) is 29.8 Å². The summed E-state index contributed by atoms with van der Waals surface area (Å²) in [6.45, 7) is 0. The normalized spacial score (nSPS) is 24.9. The van der Waals surface area contributed by atoms with Crippen molar-refractivity contribution in [3.05, 3.63) is 60.2 Å². The van der Waals surface area contributed by atoms with Gasteiger partial charge in [-0.05, 0) is 29.8 Å². The molecule has 2 aromatic rings. The van der Waals surface area contributed by atoms with E-state index in [1.807, 2.05) is 54.6 Å². The Hall–Kier alpha value is -3.08. The molecule has 2 aromatic carbocycles. The summed E-state index contributed by atoms with van der Waals surface area (Å²) in [7, 11) is 4.77. The van der Waals surface area contributed by atoms with Gasteiger partial charge in [0, 0.05) is 19.8 Å². The van der Waals surface area contributed by atoms with Crippen LogP contribution in [0.4, 0.5) is 10.5 Å². The molecule has 4 unspecified atom stereocenters. The predicted molar refractivity (Wildman–Crippen MR) is 127 cm³/mol. The highest BCUT2D eigenvalue weighted by atomic mass is 32.2. The summed E-state index contributed by atoms with van der Waals surface area (Å²) in [6, 6.07) is 16.4. The Morgan fingerprint density at radius 2 is 1.76 bits per heavy atom. The standard InChI is InChI=1S/C23H27N5O4S/c1-27-20-18(22(30)28(2)23(27)31)21(33-13-17(29)24-15-7-5-4-6-8-15)26-19(25-20)14-9-11-16(32-3)12-10-14/h4-12,18-21,25-26H,13H2,1-3H3,(H,24,29). The number of nitrogens with one attached hydrogen (secondary N) is 3. The second-order valence-corrected chi connectivity index (χ2v) is 9.08. The maximum Gasteiger partial charge on any atom is 0.327 e. The lowest BCUT2D eigenvalue weighted by molar-refractivity contribution is -0.140. The third-order valence-electron chi connectivity index (χ3n) is 5.86. The molecule has 4 atom stereocenters. The summed E-state index contributed by atoms with van der Waals surface area (Å²) in [5.74, 6) is -0.110. The molecule has 10 heteroatoms. The monoisotopic (exact) mass is 469 g/mol. The molecule has 0 aliphatic carbocycles. The molecule has 2 fully saturated rings. The molecule has 0 bridgehead atoms. The maximum absolute atomic E-state index is 13.1. The highest BCUT2D eigenvalue weighted by Crippen LogP contribution is 2.34. The van der Waals surface area contributed by atoms with Gasteiger partial charge < -0.3 is 15.0 Å². The van der Waals surface area contributed by atoms with Crippen LogP contribution in [-0.2, 0) is 9.59 Å². The van der Waals surface area contributed by atoms with Crippen LogP contribution in [-0.4, -0.2) is 66.1 Å². The zero-order chi connectivity index (χ0) is 23.5. The number of hydrogen-bond acceptors (Lipinski definition) is 7. The van der Waals surface area contributed by atoms with E-state index in [0.717, 1.165) is 16.2 Å². The van der Waals surface area contributed by atoms with Crippen molar-refractivity contribution in [3.8, 4) is 5.75 Å². The van der Waals surface area contributed by atoms with Gasteiger partial charge in [-0.2, -0.15) is 0 Å². The molecule has 9 nitrogen and oxygen atoms in total. The summed E-state index contributed by atoms with van der Waals surface area (Å²) in [5.41, 5.74) is 1.65. The number of fused-ring (bicyclic) bond motifs is 1. The van der Waals surface area contributed by atoms with Gasteiger partial charge in [-0.15, -0.1) is 11.8 Å². The van der Waals surface area contributed by atoms with Crippen LogP contribution < -0.4 is 20.7 Å². The number of thioether (sulfide) groups is 1.